The summed E-state index contributed by atoms with van der Waals surface area (Å²) in [5.41, 5.74) is 2.10. The highest BCUT2D eigenvalue weighted by molar-refractivity contribution is 5.87. The SMILES string of the molecule is COc1ncc(CN2CC[C@@H](CNC(=O)C=C(C)C)C2)cn1. The number of nitrogens with one attached hydrogen (secondary N) is 1. The number of amides is 1. The predicted octanol–water partition coefficient (Wildman–Crippen LogP) is 1.39. The molecule has 0 aromatic carbocycles. The predicted molar refractivity (Wildman–Crippen MR) is 84.4 cm³/mol. The lowest BCUT2D eigenvalue weighted by molar-refractivity contribution is -0.116. The Kier molecular flexibility index (Phi) is 5.89. The van der Waals surface area contributed by atoms with E-state index in [1.165, 1.54) is 0 Å². The topological polar surface area (TPSA) is 67.3 Å². The monoisotopic (exact) mass is 304 g/mol. The maximum Gasteiger partial charge on any atom is 0.316 e. The average molecular weight is 304 g/mol. The normalized spacial score (nSPS) is 18.0. The van der Waals surface area contributed by atoms with E-state index in [-0.39, 0.29) is 5.91 Å². The molecule has 120 valence electrons. The fourth-order valence-corrected chi connectivity index (χ4v) is 2.57. The summed E-state index contributed by atoms with van der Waals surface area (Å²) >= 11 is 0. The van der Waals surface area contributed by atoms with Gasteiger partial charge in [-0.3, -0.25) is 9.69 Å². The van der Waals surface area contributed by atoms with Crippen LogP contribution < -0.4 is 10.1 Å². The van der Waals surface area contributed by atoms with Crippen molar-refractivity contribution in [1.29, 1.82) is 0 Å². The number of likely N-dealkylation sites (tertiary alicyclic amines) is 1. The van der Waals surface area contributed by atoms with Gasteiger partial charge in [-0.15, -0.1) is 0 Å². The van der Waals surface area contributed by atoms with Crippen LogP contribution in [0.3, 0.4) is 0 Å². The minimum atomic E-state index is 0.00186. The zero-order chi connectivity index (χ0) is 15.9. The molecule has 22 heavy (non-hydrogen) atoms. The minimum absolute atomic E-state index is 0.00186. The van der Waals surface area contributed by atoms with Crippen molar-refractivity contribution in [2.75, 3.05) is 26.7 Å². The van der Waals surface area contributed by atoms with Gasteiger partial charge in [-0.05, 0) is 32.7 Å². The van der Waals surface area contributed by atoms with Gasteiger partial charge in [-0.25, -0.2) is 9.97 Å². The lowest BCUT2D eigenvalue weighted by Crippen LogP contribution is -2.30. The third-order valence-electron chi connectivity index (χ3n) is 3.63. The number of carbonyl (C=O) groups excluding carboxylic acids is 1. The summed E-state index contributed by atoms with van der Waals surface area (Å²) in [6.45, 7) is 7.44. The van der Waals surface area contributed by atoms with Crippen molar-refractivity contribution in [3.8, 4) is 6.01 Å². The van der Waals surface area contributed by atoms with Crippen LogP contribution in [-0.4, -0.2) is 47.5 Å². The maximum atomic E-state index is 11.6. The zero-order valence-electron chi connectivity index (χ0n) is 13.5. The first-order valence-corrected chi connectivity index (χ1v) is 7.57. The van der Waals surface area contributed by atoms with Gasteiger partial charge in [0.1, 0.15) is 0 Å². The van der Waals surface area contributed by atoms with E-state index in [4.69, 9.17) is 4.74 Å². The lowest BCUT2D eigenvalue weighted by Gasteiger charge is -2.16. The van der Waals surface area contributed by atoms with Crippen LogP contribution in [0.1, 0.15) is 25.8 Å². The molecule has 2 heterocycles. The number of nitrogens with zero attached hydrogens (tertiary/aromatic N) is 3. The van der Waals surface area contributed by atoms with E-state index in [1.54, 1.807) is 25.6 Å². The quantitative estimate of drug-likeness (QED) is 0.805. The summed E-state index contributed by atoms with van der Waals surface area (Å²) in [7, 11) is 1.56. The number of hydrogen-bond donors (Lipinski definition) is 1. The van der Waals surface area contributed by atoms with E-state index < -0.39 is 0 Å². The van der Waals surface area contributed by atoms with Crippen LogP contribution >= 0.6 is 0 Å². The van der Waals surface area contributed by atoms with Gasteiger partial charge in [0.25, 0.3) is 0 Å². The summed E-state index contributed by atoms with van der Waals surface area (Å²) in [5.74, 6) is 0.510. The molecular weight excluding hydrogens is 280 g/mol. The number of carbonyl (C=O) groups is 1. The summed E-state index contributed by atoms with van der Waals surface area (Å²) in [4.78, 5) is 22.2. The van der Waals surface area contributed by atoms with E-state index in [9.17, 15) is 4.79 Å². The lowest BCUT2D eigenvalue weighted by atomic mass is 10.1. The molecule has 0 spiro atoms. The second-order valence-electron chi connectivity index (χ2n) is 5.93. The fraction of sp³-hybridized carbons (Fsp3) is 0.562. The van der Waals surface area contributed by atoms with Crippen molar-refractivity contribution < 1.29 is 9.53 Å². The number of allylic oxidation sites excluding steroid dienone is 1. The second kappa shape index (κ2) is 7.89. The Morgan fingerprint density at radius 3 is 2.82 bits per heavy atom. The molecule has 6 nitrogen and oxygen atoms in total. The first-order chi connectivity index (χ1) is 10.6. The minimum Gasteiger partial charge on any atom is -0.467 e. The number of hydrogen-bond acceptors (Lipinski definition) is 5. The van der Waals surface area contributed by atoms with Crippen LogP contribution in [0.4, 0.5) is 0 Å². The molecule has 0 saturated carbocycles. The Balaban J connectivity index is 1.75. The smallest absolute Gasteiger partial charge is 0.316 e. The van der Waals surface area contributed by atoms with Crippen LogP contribution in [0.15, 0.2) is 24.0 Å². The Labute approximate surface area is 131 Å². The van der Waals surface area contributed by atoms with Crippen molar-refractivity contribution in [3.63, 3.8) is 0 Å². The van der Waals surface area contributed by atoms with Crippen molar-refractivity contribution in [2.24, 2.45) is 5.92 Å². The summed E-state index contributed by atoms with van der Waals surface area (Å²) in [5, 5.41) is 2.97. The summed E-state index contributed by atoms with van der Waals surface area (Å²) in [6.07, 6.45) is 6.35. The van der Waals surface area contributed by atoms with Gasteiger partial charge < -0.3 is 10.1 Å². The van der Waals surface area contributed by atoms with Crippen LogP contribution in [0.5, 0.6) is 6.01 Å². The fourth-order valence-electron chi connectivity index (χ4n) is 2.57. The molecule has 1 saturated heterocycles. The molecule has 2 rings (SSSR count). The standard InChI is InChI=1S/C16H24N4O2/c1-12(2)6-15(21)17-7-13-4-5-20(10-13)11-14-8-18-16(22-3)19-9-14/h6,8-9,13H,4-5,7,10-11H2,1-3H3,(H,17,21)/t13-/m0/s1. The Bertz CT molecular complexity index is 523. The molecule has 1 aromatic rings. The third-order valence-corrected chi connectivity index (χ3v) is 3.63. The van der Waals surface area contributed by atoms with Crippen LogP contribution in [0, 0.1) is 5.92 Å². The van der Waals surface area contributed by atoms with Crippen molar-refractivity contribution in [1.82, 2.24) is 20.2 Å². The molecular formula is C16H24N4O2. The molecule has 1 N–H and O–H groups in total. The van der Waals surface area contributed by atoms with Gasteiger partial charge in [0.2, 0.25) is 5.91 Å². The molecule has 1 aliphatic heterocycles. The Morgan fingerprint density at radius 1 is 1.45 bits per heavy atom. The number of aromatic nitrogens is 2. The second-order valence-corrected chi connectivity index (χ2v) is 5.93. The molecule has 6 heteroatoms. The van der Waals surface area contributed by atoms with Gasteiger partial charge >= 0.3 is 6.01 Å². The highest BCUT2D eigenvalue weighted by atomic mass is 16.5. The Hall–Kier alpha value is -1.95. The maximum absolute atomic E-state index is 11.6. The molecule has 1 atom stereocenters. The molecule has 0 unspecified atom stereocenters. The van der Waals surface area contributed by atoms with E-state index in [0.29, 0.717) is 11.9 Å². The van der Waals surface area contributed by atoms with Gasteiger partial charge in [-0.2, -0.15) is 0 Å². The first-order valence-electron chi connectivity index (χ1n) is 7.57. The van der Waals surface area contributed by atoms with Crippen LogP contribution in [-0.2, 0) is 11.3 Å². The molecule has 1 aliphatic rings. The molecule has 1 aromatic heterocycles. The van der Waals surface area contributed by atoms with Gasteiger partial charge in [-0.1, -0.05) is 5.57 Å². The summed E-state index contributed by atoms with van der Waals surface area (Å²) in [6, 6.07) is 0.394. The molecule has 1 amide bonds. The van der Waals surface area contributed by atoms with E-state index in [2.05, 4.69) is 20.2 Å². The molecule has 0 radical (unpaired) electrons. The van der Waals surface area contributed by atoms with Gasteiger partial charge in [0.15, 0.2) is 0 Å². The highest BCUT2D eigenvalue weighted by Crippen LogP contribution is 2.18. The summed E-state index contributed by atoms with van der Waals surface area (Å²) < 4.78 is 4.96. The number of ether oxygens (including phenoxy) is 1. The van der Waals surface area contributed by atoms with E-state index in [0.717, 1.165) is 43.7 Å². The van der Waals surface area contributed by atoms with Crippen molar-refractivity contribution >= 4 is 5.91 Å². The van der Waals surface area contributed by atoms with Gasteiger partial charge in [0, 0.05) is 43.7 Å². The van der Waals surface area contributed by atoms with Crippen molar-refractivity contribution in [3.05, 3.63) is 29.6 Å². The van der Waals surface area contributed by atoms with E-state index in [1.807, 2.05) is 13.8 Å². The number of methoxy groups -OCH3 is 1. The largest absolute Gasteiger partial charge is 0.467 e. The third kappa shape index (κ3) is 5.11. The first kappa shape index (κ1) is 16.4. The Morgan fingerprint density at radius 2 is 2.18 bits per heavy atom. The van der Waals surface area contributed by atoms with Crippen LogP contribution in [0.25, 0.3) is 0 Å². The van der Waals surface area contributed by atoms with Crippen LogP contribution in [0.2, 0.25) is 0 Å². The van der Waals surface area contributed by atoms with Crippen molar-refractivity contribution in [2.45, 2.75) is 26.8 Å². The molecule has 0 aliphatic carbocycles. The average Bonchev–Trinajstić information content (AvgIpc) is 2.93. The number of rotatable bonds is 6. The molecule has 1 fully saturated rings. The van der Waals surface area contributed by atoms with E-state index >= 15 is 0 Å². The highest BCUT2D eigenvalue weighted by Gasteiger charge is 2.22. The molecule has 0 bridgehead atoms. The zero-order valence-corrected chi connectivity index (χ0v) is 13.5. The van der Waals surface area contributed by atoms with Gasteiger partial charge in [0.05, 0.1) is 7.11 Å².